The van der Waals surface area contributed by atoms with E-state index in [4.69, 9.17) is 5.11 Å². The molecule has 1 N–H and O–H groups in total. The highest BCUT2D eigenvalue weighted by Crippen LogP contribution is 2.03. The molecule has 0 rings (SSSR count). The maximum atomic E-state index is 10.7. The van der Waals surface area contributed by atoms with Gasteiger partial charge in [-0.3, -0.25) is 8.37 Å². The van der Waals surface area contributed by atoms with Crippen LogP contribution in [0.4, 0.5) is 0 Å². The highest BCUT2D eigenvalue weighted by molar-refractivity contribution is 7.86. The normalized spacial score (nSPS) is 15.1. The molecule has 0 amide bonds. The topological polar surface area (TPSA) is 107 Å². The first-order chi connectivity index (χ1) is 6.64. The first kappa shape index (κ1) is 14.8. The van der Waals surface area contributed by atoms with Crippen molar-refractivity contribution in [2.24, 2.45) is 0 Å². The van der Waals surface area contributed by atoms with E-state index in [2.05, 4.69) is 8.37 Å². The lowest BCUT2D eigenvalue weighted by Gasteiger charge is -2.12. The summed E-state index contributed by atoms with van der Waals surface area (Å²) in [5.74, 6) is 0. The van der Waals surface area contributed by atoms with Crippen LogP contribution in [-0.4, -0.2) is 53.8 Å². The van der Waals surface area contributed by atoms with Crippen LogP contribution in [0.1, 0.15) is 6.42 Å². The van der Waals surface area contributed by atoms with Crippen molar-refractivity contribution in [2.45, 2.75) is 12.5 Å². The summed E-state index contributed by atoms with van der Waals surface area (Å²) < 4.78 is 51.2. The van der Waals surface area contributed by atoms with Crippen LogP contribution >= 0.6 is 0 Å². The van der Waals surface area contributed by atoms with Crippen LogP contribution in [0.25, 0.3) is 0 Å². The van der Waals surface area contributed by atoms with Crippen LogP contribution in [0.15, 0.2) is 0 Å². The SMILES string of the molecule is CS(=O)(=O)OCCC(CO)OS(C)(=O)=O. The van der Waals surface area contributed by atoms with Gasteiger partial charge in [-0.1, -0.05) is 0 Å². The number of aliphatic hydroxyl groups excluding tert-OH is 1. The third-order valence-corrected chi connectivity index (χ3v) is 2.47. The van der Waals surface area contributed by atoms with Crippen LogP contribution in [-0.2, 0) is 28.6 Å². The molecule has 0 aromatic rings. The van der Waals surface area contributed by atoms with Crippen LogP contribution in [0, 0.1) is 0 Å². The zero-order valence-electron chi connectivity index (χ0n) is 8.41. The Morgan fingerprint density at radius 1 is 1.13 bits per heavy atom. The van der Waals surface area contributed by atoms with Gasteiger partial charge in [-0.25, -0.2) is 0 Å². The van der Waals surface area contributed by atoms with Crippen LogP contribution in [0.5, 0.6) is 0 Å². The molecule has 0 saturated heterocycles. The summed E-state index contributed by atoms with van der Waals surface area (Å²) in [6.45, 7) is -0.764. The van der Waals surface area contributed by atoms with Gasteiger partial charge in [0.2, 0.25) is 0 Å². The van der Waals surface area contributed by atoms with Crippen molar-refractivity contribution in [3.63, 3.8) is 0 Å². The molecule has 15 heavy (non-hydrogen) atoms. The van der Waals surface area contributed by atoms with Crippen molar-refractivity contribution in [3.8, 4) is 0 Å². The van der Waals surface area contributed by atoms with E-state index >= 15 is 0 Å². The molecule has 0 spiro atoms. The molecular formula is C6H14O7S2. The summed E-state index contributed by atoms with van der Waals surface area (Å²) in [5, 5.41) is 8.72. The van der Waals surface area contributed by atoms with E-state index in [9.17, 15) is 16.8 Å². The van der Waals surface area contributed by atoms with Gasteiger partial charge < -0.3 is 5.11 Å². The van der Waals surface area contributed by atoms with Gasteiger partial charge in [0, 0.05) is 6.42 Å². The molecule has 0 aromatic heterocycles. The Hall–Kier alpha value is -0.220. The van der Waals surface area contributed by atoms with E-state index in [0.29, 0.717) is 0 Å². The largest absolute Gasteiger partial charge is 0.394 e. The minimum Gasteiger partial charge on any atom is -0.394 e. The van der Waals surface area contributed by atoms with Gasteiger partial charge in [-0.15, -0.1) is 0 Å². The maximum Gasteiger partial charge on any atom is 0.264 e. The average molecular weight is 262 g/mol. The molecule has 0 aliphatic heterocycles. The van der Waals surface area contributed by atoms with E-state index in [-0.39, 0.29) is 13.0 Å². The Bertz CT molecular complexity index is 368. The molecule has 1 atom stereocenters. The van der Waals surface area contributed by atoms with Gasteiger partial charge in [0.05, 0.1) is 25.7 Å². The first-order valence-electron chi connectivity index (χ1n) is 3.97. The zero-order valence-corrected chi connectivity index (χ0v) is 10.0. The van der Waals surface area contributed by atoms with Crippen molar-refractivity contribution in [1.82, 2.24) is 0 Å². The lowest BCUT2D eigenvalue weighted by molar-refractivity contribution is 0.101. The highest BCUT2D eigenvalue weighted by atomic mass is 32.2. The van der Waals surface area contributed by atoms with E-state index in [1.807, 2.05) is 0 Å². The summed E-state index contributed by atoms with van der Waals surface area (Å²) >= 11 is 0. The quantitative estimate of drug-likeness (QED) is 0.567. The van der Waals surface area contributed by atoms with Crippen molar-refractivity contribution >= 4 is 20.2 Å². The summed E-state index contributed by atoms with van der Waals surface area (Å²) in [6.07, 6.45) is 0.698. The smallest absolute Gasteiger partial charge is 0.264 e. The second-order valence-electron chi connectivity index (χ2n) is 2.92. The molecule has 0 radical (unpaired) electrons. The Balaban J connectivity index is 4.03. The van der Waals surface area contributed by atoms with Crippen LogP contribution < -0.4 is 0 Å². The van der Waals surface area contributed by atoms with Gasteiger partial charge in [0.1, 0.15) is 6.10 Å². The summed E-state index contributed by atoms with van der Waals surface area (Å²) in [5.41, 5.74) is 0. The molecule has 0 aliphatic carbocycles. The molecule has 7 nitrogen and oxygen atoms in total. The van der Waals surface area contributed by atoms with Crippen molar-refractivity contribution < 1.29 is 30.3 Å². The Labute approximate surface area is 89.3 Å². The second kappa shape index (κ2) is 5.75. The molecule has 0 fully saturated rings. The molecule has 0 aliphatic rings. The number of hydrogen-bond donors (Lipinski definition) is 1. The van der Waals surface area contributed by atoms with Gasteiger partial charge >= 0.3 is 0 Å². The highest BCUT2D eigenvalue weighted by Gasteiger charge is 2.15. The number of aliphatic hydroxyl groups is 1. The Morgan fingerprint density at radius 2 is 1.67 bits per heavy atom. The van der Waals surface area contributed by atoms with Gasteiger partial charge in [0.15, 0.2) is 0 Å². The molecule has 0 bridgehead atoms. The minimum atomic E-state index is -3.67. The van der Waals surface area contributed by atoms with Crippen molar-refractivity contribution in [3.05, 3.63) is 0 Å². The second-order valence-corrected chi connectivity index (χ2v) is 6.16. The third-order valence-electron chi connectivity index (χ3n) is 1.25. The van der Waals surface area contributed by atoms with E-state index in [1.54, 1.807) is 0 Å². The fourth-order valence-electron chi connectivity index (χ4n) is 0.748. The number of rotatable bonds is 7. The average Bonchev–Trinajstić information content (AvgIpc) is 1.97. The summed E-state index contributed by atoms with van der Waals surface area (Å²) in [6, 6.07) is 0. The fraction of sp³-hybridized carbons (Fsp3) is 1.00. The van der Waals surface area contributed by atoms with Crippen molar-refractivity contribution in [2.75, 3.05) is 25.7 Å². The van der Waals surface area contributed by atoms with Crippen LogP contribution in [0.3, 0.4) is 0 Å². The predicted octanol–water partition coefficient (Wildman–Crippen LogP) is -1.31. The summed E-state index contributed by atoms with van der Waals surface area (Å²) in [7, 11) is -7.22. The molecule has 0 heterocycles. The monoisotopic (exact) mass is 262 g/mol. The van der Waals surface area contributed by atoms with E-state index in [1.165, 1.54) is 0 Å². The third kappa shape index (κ3) is 10.1. The Morgan fingerprint density at radius 3 is 2.00 bits per heavy atom. The van der Waals surface area contributed by atoms with E-state index in [0.717, 1.165) is 12.5 Å². The van der Waals surface area contributed by atoms with Gasteiger partial charge in [-0.2, -0.15) is 16.8 Å². The molecule has 1 unspecified atom stereocenters. The first-order valence-corrected chi connectivity index (χ1v) is 7.61. The lowest BCUT2D eigenvalue weighted by Crippen LogP contribution is -2.23. The van der Waals surface area contributed by atoms with E-state index < -0.39 is 32.9 Å². The van der Waals surface area contributed by atoms with Crippen LogP contribution in [0.2, 0.25) is 0 Å². The lowest BCUT2D eigenvalue weighted by atomic mass is 10.3. The maximum absolute atomic E-state index is 10.7. The molecule has 0 aromatic carbocycles. The minimum absolute atomic E-state index is 0.0311. The Kier molecular flexibility index (Phi) is 5.67. The molecule has 0 saturated carbocycles. The van der Waals surface area contributed by atoms with Crippen molar-refractivity contribution in [1.29, 1.82) is 0 Å². The summed E-state index contributed by atoms with van der Waals surface area (Å²) in [4.78, 5) is 0. The fourth-order valence-corrected chi connectivity index (χ4v) is 1.80. The van der Waals surface area contributed by atoms with Gasteiger partial charge in [0.25, 0.3) is 20.2 Å². The predicted molar refractivity (Wildman–Crippen MR) is 52.2 cm³/mol. The molecule has 9 heteroatoms. The zero-order chi connectivity index (χ0) is 12.1. The molecular weight excluding hydrogens is 248 g/mol. The van der Waals surface area contributed by atoms with Gasteiger partial charge in [-0.05, 0) is 0 Å². The number of hydrogen-bond acceptors (Lipinski definition) is 7. The molecule has 92 valence electrons. The standard InChI is InChI=1S/C6H14O7S2/c1-14(8,9)12-4-3-6(5-7)13-15(2,10)11/h6-7H,3-5H2,1-2H3.